The van der Waals surface area contributed by atoms with Gasteiger partial charge in [0.1, 0.15) is 5.75 Å². The Morgan fingerprint density at radius 1 is 1.12 bits per heavy atom. The van der Waals surface area contributed by atoms with Crippen LogP contribution in [-0.2, 0) is 6.42 Å². The summed E-state index contributed by atoms with van der Waals surface area (Å²) >= 11 is 0. The lowest BCUT2D eigenvalue weighted by Gasteiger charge is -2.10. The highest BCUT2D eigenvalue weighted by Gasteiger charge is 2.10. The van der Waals surface area contributed by atoms with Gasteiger partial charge in [0, 0.05) is 24.7 Å². The average molecular weight is 469 g/mol. The van der Waals surface area contributed by atoms with Gasteiger partial charge in [-0.2, -0.15) is 0 Å². The Labute approximate surface area is 170 Å². The molecule has 6 nitrogen and oxygen atoms in total. The van der Waals surface area contributed by atoms with E-state index in [0.29, 0.717) is 25.7 Å². The van der Waals surface area contributed by atoms with E-state index in [1.54, 1.807) is 7.11 Å². The number of ether oxygens (including phenoxy) is 3. The van der Waals surface area contributed by atoms with Crippen LogP contribution < -0.4 is 25.3 Å². The molecule has 1 aliphatic heterocycles. The zero-order chi connectivity index (χ0) is 17.5. The molecular formula is C19H24IN3O3. The van der Waals surface area contributed by atoms with Gasteiger partial charge in [-0.15, -0.1) is 24.0 Å². The topological polar surface area (TPSA) is 78.1 Å². The van der Waals surface area contributed by atoms with Crippen molar-refractivity contribution in [3.8, 4) is 17.2 Å². The first-order valence-electron chi connectivity index (χ1n) is 8.34. The van der Waals surface area contributed by atoms with Gasteiger partial charge in [0.15, 0.2) is 17.5 Å². The van der Waals surface area contributed by atoms with E-state index in [-0.39, 0.29) is 24.0 Å². The van der Waals surface area contributed by atoms with Crippen LogP contribution in [-0.4, -0.2) is 32.8 Å². The van der Waals surface area contributed by atoms with Crippen LogP contribution in [0, 0.1) is 0 Å². The average Bonchev–Trinajstić information content (AvgIpc) is 2.87. The van der Waals surface area contributed by atoms with E-state index in [4.69, 9.17) is 19.9 Å². The fourth-order valence-corrected chi connectivity index (χ4v) is 2.53. The summed E-state index contributed by atoms with van der Waals surface area (Å²) in [6.07, 6.45) is 1.69. The maximum atomic E-state index is 5.97. The van der Waals surface area contributed by atoms with Crippen molar-refractivity contribution in [1.29, 1.82) is 0 Å². The summed E-state index contributed by atoms with van der Waals surface area (Å²) in [5.41, 5.74) is 7.99. The first-order valence-corrected chi connectivity index (χ1v) is 8.34. The van der Waals surface area contributed by atoms with E-state index in [2.05, 4.69) is 10.3 Å². The van der Waals surface area contributed by atoms with E-state index in [0.717, 1.165) is 35.8 Å². The van der Waals surface area contributed by atoms with Gasteiger partial charge in [0.05, 0.1) is 20.3 Å². The van der Waals surface area contributed by atoms with Crippen LogP contribution in [0.4, 0.5) is 5.69 Å². The predicted octanol–water partition coefficient (Wildman–Crippen LogP) is 3.44. The molecule has 7 heteroatoms. The molecule has 0 saturated heterocycles. The second-order valence-corrected chi connectivity index (χ2v) is 5.70. The number of fused-ring (bicyclic) bond motifs is 1. The van der Waals surface area contributed by atoms with E-state index in [1.807, 2.05) is 42.5 Å². The van der Waals surface area contributed by atoms with Crippen molar-refractivity contribution in [2.75, 3.05) is 32.2 Å². The van der Waals surface area contributed by atoms with Crippen LogP contribution in [0.1, 0.15) is 12.0 Å². The maximum absolute atomic E-state index is 5.97. The first-order chi connectivity index (χ1) is 12.2. The minimum absolute atomic E-state index is 0. The van der Waals surface area contributed by atoms with E-state index in [9.17, 15) is 0 Å². The molecule has 0 fully saturated rings. The van der Waals surface area contributed by atoms with Gasteiger partial charge in [0.2, 0.25) is 0 Å². The van der Waals surface area contributed by atoms with Gasteiger partial charge < -0.3 is 25.3 Å². The number of hydrogen-bond acceptors (Lipinski definition) is 4. The monoisotopic (exact) mass is 469 g/mol. The molecule has 0 bridgehead atoms. The summed E-state index contributed by atoms with van der Waals surface area (Å²) in [5, 5.41) is 3.09. The lowest BCUT2D eigenvalue weighted by atomic mass is 10.1. The van der Waals surface area contributed by atoms with Crippen LogP contribution >= 0.6 is 24.0 Å². The van der Waals surface area contributed by atoms with E-state index < -0.39 is 0 Å². The normalized spacial score (nSPS) is 13.3. The Balaban J connectivity index is 0.00000243. The number of hydrogen-bond donors (Lipinski definition) is 2. The fourth-order valence-electron chi connectivity index (χ4n) is 2.53. The SMILES string of the molecule is COc1ccc(CCN=C(N)Nc2ccc3c(c2)OCCCO3)cc1.I. The number of halogens is 1. The molecule has 0 aliphatic carbocycles. The fraction of sp³-hybridized carbons (Fsp3) is 0.316. The third kappa shape index (κ3) is 5.69. The van der Waals surface area contributed by atoms with Gasteiger partial charge >= 0.3 is 0 Å². The Morgan fingerprint density at radius 3 is 2.58 bits per heavy atom. The number of methoxy groups -OCH3 is 1. The summed E-state index contributed by atoms with van der Waals surface area (Å²) in [7, 11) is 1.66. The molecule has 0 saturated carbocycles. The van der Waals surface area contributed by atoms with Gasteiger partial charge in [-0.1, -0.05) is 12.1 Å². The second-order valence-electron chi connectivity index (χ2n) is 5.70. The van der Waals surface area contributed by atoms with Gasteiger partial charge in [-0.3, -0.25) is 4.99 Å². The van der Waals surface area contributed by atoms with Crippen LogP contribution in [0.25, 0.3) is 0 Å². The molecule has 0 aromatic heterocycles. The van der Waals surface area contributed by atoms with Crippen LogP contribution in [0.5, 0.6) is 17.2 Å². The van der Waals surface area contributed by atoms with Gasteiger partial charge in [-0.05, 0) is 36.2 Å². The number of benzene rings is 2. The van der Waals surface area contributed by atoms with Crippen molar-refractivity contribution in [2.24, 2.45) is 10.7 Å². The van der Waals surface area contributed by atoms with Crippen LogP contribution in [0.3, 0.4) is 0 Å². The number of aliphatic imine (C=N–C) groups is 1. The molecule has 0 radical (unpaired) electrons. The molecule has 3 N–H and O–H groups in total. The molecule has 0 spiro atoms. The third-order valence-electron chi connectivity index (χ3n) is 3.86. The highest BCUT2D eigenvalue weighted by Crippen LogP contribution is 2.32. The molecule has 2 aromatic carbocycles. The molecule has 0 amide bonds. The van der Waals surface area contributed by atoms with Crippen LogP contribution in [0.15, 0.2) is 47.5 Å². The highest BCUT2D eigenvalue weighted by molar-refractivity contribution is 14.0. The zero-order valence-electron chi connectivity index (χ0n) is 14.7. The largest absolute Gasteiger partial charge is 0.497 e. The molecule has 3 rings (SSSR count). The van der Waals surface area contributed by atoms with Crippen molar-refractivity contribution in [3.05, 3.63) is 48.0 Å². The summed E-state index contributed by atoms with van der Waals surface area (Å²) in [5.74, 6) is 2.72. The zero-order valence-corrected chi connectivity index (χ0v) is 17.1. The summed E-state index contributed by atoms with van der Waals surface area (Å²) in [4.78, 5) is 4.37. The van der Waals surface area contributed by atoms with E-state index >= 15 is 0 Å². The predicted molar refractivity (Wildman–Crippen MR) is 114 cm³/mol. The third-order valence-corrected chi connectivity index (χ3v) is 3.86. The molecule has 1 aliphatic rings. The Bertz CT molecular complexity index is 735. The molecule has 2 aromatic rings. The first kappa shape index (κ1) is 20.2. The number of nitrogens with one attached hydrogen (secondary N) is 1. The van der Waals surface area contributed by atoms with Crippen molar-refractivity contribution >= 4 is 35.6 Å². The minimum atomic E-state index is 0. The maximum Gasteiger partial charge on any atom is 0.193 e. The Kier molecular flexibility index (Phi) is 7.83. The van der Waals surface area contributed by atoms with Crippen molar-refractivity contribution in [3.63, 3.8) is 0 Å². The lowest BCUT2D eigenvalue weighted by Crippen LogP contribution is -2.23. The highest BCUT2D eigenvalue weighted by atomic mass is 127. The number of rotatable bonds is 5. The number of anilines is 1. The van der Waals surface area contributed by atoms with Crippen molar-refractivity contribution < 1.29 is 14.2 Å². The van der Waals surface area contributed by atoms with Gasteiger partial charge in [0.25, 0.3) is 0 Å². The smallest absolute Gasteiger partial charge is 0.193 e. The lowest BCUT2D eigenvalue weighted by molar-refractivity contribution is 0.297. The standard InChI is InChI=1S/C19H23N3O3.HI/c1-23-16-6-3-14(4-7-16)9-10-21-19(20)22-15-5-8-17-18(13-15)25-12-2-11-24-17;/h3-8,13H,2,9-12H2,1H3,(H3,20,21,22);1H. The number of nitrogens with two attached hydrogens (primary N) is 1. The summed E-state index contributed by atoms with van der Waals surface area (Å²) in [6.45, 7) is 1.94. The Morgan fingerprint density at radius 2 is 1.85 bits per heavy atom. The van der Waals surface area contributed by atoms with Crippen molar-refractivity contribution in [1.82, 2.24) is 0 Å². The van der Waals surface area contributed by atoms with Crippen molar-refractivity contribution in [2.45, 2.75) is 12.8 Å². The molecule has 0 atom stereocenters. The molecule has 0 unspecified atom stereocenters. The number of nitrogens with zero attached hydrogens (tertiary/aromatic N) is 1. The molecule has 26 heavy (non-hydrogen) atoms. The minimum Gasteiger partial charge on any atom is -0.497 e. The number of guanidine groups is 1. The summed E-state index contributed by atoms with van der Waals surface area (Å²) in [6, 6.07) is 13.6. The molecular weight excluding hydrogens is 445 g/mol. The molecule has 140 valence electrons. The van der Waals surface area contributed by atoms with Crippen LogP contribution in [0.2, 0.25) is 0 Å². The van der Waals surface area contributed by atoms with Gasteiger partial charge in [-0.25, -0.2) is 0 Å². The summed E-state index contributed by atoms with van der Waals surface area (Å²) < 4.78 is 16.4. The molecule has 1 heterocycles. The van der Waals surface area contributed by atoms with E-state index in [1.165, 1.54) is 5.56 Å². The quantitative estimate of drug-likeness (QED) is 0.399. The Hall–Kier alpha value is -2.16. The second kappa shape index (κ2) is 10.1.